The van der Waals surface area contributed by atoms with E-state index in [0.29, 0.717) is 6.61 Å². The minimum Gasteiger partial charge on any atom is -0.486 e. The highest BCUT2D eigenvalue weighted by atomic mass is 79.9. The molecule has 2 unspecified atom stereocenters. The average molecular weight is 354 g/mol. The Hall–Kier alpha value is -1.04. The minimum absolute atomic E-state index is 0.0377. The predicted octanol–water partition coefficient (Wildman–Crippen LogP) is 3.92. The first-order valence-electron chi connectivity index (χ1n) is 6.50. The third-order valence-electron chi connectivity index (χ3n) is 3.33. The maximum absolute atomic E-state index is 6.10. The van der Waals surface area contributed by atoms with Crippen LogP contribution in [-0.4, -0.2) is 19.8 Å². The Kier molecular flexibility index (Phi) is 4.01. The summed E-state index contributed by atoms with van der Waals surface area (Å²) in [5, 5.41) is 3.35. The van der Waals surface area contributed by atoms with Crippen molar-refractivity contribution in [3.05, 3.63) is 44.6 Å². The van der Waals surface area contributed by atoms with Gasteiger partial charge in [0.05, 0.1) is 6.04 Å². The molecule has 0 saturated carbocycles. The van der Waals surface area contributed by atoms with E-state index in [0.717, 1.165) is 16.0 Å². The van der Waals surface area contributed by atoms with Crippen LogP contribution in [0.4, 0.5) is 0 Å². The number of benzene rings is 1. The monoisotopic (exact) mass is 353 g/mol. The molecule has 2 aromatic rings. The van der Waals surface area contributed by atoms with Gasteiger partial charge in [0.1, 0.15) is 6.61 Å². The number of aryl methyl sites for hydroxylation is 1. The molecule has 0 aliphatic carbocycles. The molecule has 2 atom stereocenters. The standard InChI is InChI=1S/C15H16BrNO2S/c1-9-7-10(16)15(20-9)14(17-2)13-8-18-11-5-3-4-6-12(11)19-13/h3-7,13-14,17H,8H2,1-2H3. The third-order valence-corrected chi connectivity index (χ3v) is 5.38. The molecule has 1 aromatic heterocycles. The molecule has 106 valence electrons. The molecule has 1 aliphatic heterocycles. The van der Waals surface area contributed by atoms with Crippen LogP contribution < -0.4 is 14.8 Å². The average Bonchev–Trinajstić information content (AvgIpc) is 2.78. The van der Waals surface area contributed by atoms with Gasteiger partial charge < -0.3 is 14.8 Å². The van der Waals surface area contributed by atoms with Gasteiger partial charge in [0.15, 0.2) is 17.6 Å². The van der Waals surface area contributed by atoms with Gasteiger partial charge in [-0.25, -0.2) is 0 Å². The van der Waals surface area contributed by atoms with Crippen molar-refractivity contribution in [3.63, 3.8) is 0 Å². The Balaban J connectivity index is 1.87. The van der Waals surface area contributed by atoms with Crippen molar-refractivity contribution >= 4 is 27.3 Å². The van der Waals surface area contributed by atoms with Crippen LogP contribution in [0.1, 0.15) is 15.8 Å². The molecule has 1 N–H and O–H groups in total. The summed E-state index contributed by atoms with van der Waals surface area (Å²) in [7, 11) is 1.95. The van der Waals surface area contributed by atoms with Crippen LogP contribution in [0.2, 0.25) is 0 Å². The molecule has 3 nitrogen and oxygen atoms in total. The van der Waals surface area contributed by atoms with Gasteiger partial charge in [0.2, 0.25) is 0 Å². The molecule has 5 heteroatoms. The van der Waals surface area contributed by atoms with Gasteiger partial charge in [-0.1, -0.05) is 12.1 Å². The molecule has 0 spiro atoms. The highest BCUT2D eigenvalue weighted by molar-refractivity contribution is 9.10. The van der Waals surface area contributed by atoms with Gasteiger partial charge in [0.25, 0.3) is 0 Å². The van der Waals surface area contributed by atoms with Gasteiger partial charge in [-0.05, 0) is 48.1 Å². The largest absolute Gasteiger partial charge is 0.486 e. The molecule has 0 saturated heterocycles. The second kappa shape index (κ2) is 5.76. The van der Waals surface area contributed by atoms with E-state index in [2.05, 4.69) is 34.2 Å². The van der Waals surface area contributed by atoms with Crippen LogP contribution >= 0.6 is 27.3 Å². The molecule has 0 radical (unpaired) electrons. The van der Waals surface area contributed by atoms with E-state index >= 15 is 0 Å². The van der Waals surface area contributed by atoms with Crippen LogP contribution in [0.3, 0.4) is 0 Å². The van der Waals surface area contributed by atoms with Crippen molar-refractivity contribution in [2.24, 2.45) is 0 Å². The van der Waals surface area contributed by atoms with Crippen molar-refractivity contribution in [2.75, 3.05) is 13.7 Å². The molecular weight excluding hydrogens is 338 g/mol. The minimum atomic E-state index is -0.0377. The zero-order chi connectivity index (χ0) is 14.1. The summed E-state index contributed by atoms with van der Waals surface area (Å²) in [6, 6.07) is 10.0. The van der Waals surface area contributed by atoms with E-state index in [1.54, 1.807) is 11.3 Å². The quantitative estimate of drug-likeness (QED) is 0.906. The number of fused-ring (bicyclic) bond motifs is 1. The van der Waals surface area contributed by atoms with E-state index in [4.69, 9.17) is 9.47 Å². The van der Waals surface area contributed by atoms with Gasteiger partial charge in [-0.2, -0.15) is 0 Å². The highest BCUT2D eigenvalue weighted by Crippen LogP contribution is 2.38. The first kappa shape index (κ1) is 13.9. The van der Waals surface area contributed by atoms with Gasteiger partial charge >= 0.3 is 0 Å². The molecule has 0 bridgehead atoms. The van der Waals surface area contributed by atoms with Crippen molar-refractivity contribution in [1.29, 1.82) is 0 Å². The summed E-state index contributed by atoms with van der Waals surface area (Å²) in [6.07, 6.45) is -0.0377. The summed E-state index contributed by atoms with van der Waals surface area (Å²) in [5.41, 5.74) is 0. The number of halogens is 1. The number of rotatable bonds is 3. The first-order valence-corrected chi connectivity index (χ1v) is 8.11. The lowest BCUT2D eigenvalue weighted by atomic mass is 10.1. The van der Waals surface area contributed by atoms with Gasteiger partial charge in [-0.15, -0.1) is 11.3 Å². The van der Waals surface area contributed by atoms with Crippen LogP contribution in [0.15, 0.2) is 34.8 Å². The number of ether oxygens (including phenoxy) is 2. The molecule has 1 aromatic carbocycles. The Morgan fingerprint density at radius 3 is 2.75 bits per heavy atom. The van der Waals surface area contributed by atoms with E-state index in [1.807, 2.05) is 31.3 Å². The molecular formula is C15H16BrNO2S. The predicted molar refractivity (Wildman–Crippen MR) is 84.9 cm³/mol. The summed E-state index contributed by atoms with van der Waals surface area (Å²) >= 11 is 5.41. The van der Waals surface area contributed by atoms with Gasteiger partial charge in [-0.3, -0.25) is 0 Å². The zero-order valence-electron chi connectivity index (χ0n) is 11.4. The van der Waals surface area contributed by atoms with E-state index in [9.17, 15) is 0 Å². The lowest BCUT2D eigenvalue weighted by Crippen LogP contribution is -2.40. The fourth-order valence-corrected chi connectivity index (χ4v) is 4.46. The molecule has 0 fully saturated rings. The van der Waals surface area contributed by atoms with E-state index in [1.165, 1.54) is 9.75 Å². The lowest BCUT2D eigenvalue weighted by molar-refractivity contribution is 0.0646. The molecule has 1 aliphatic rings. The van der Waals surface area contributed by atoms with E-state index in [-0.39, 0.29) is 12.1 Å². The second-order valence-corrected chi connectivity index (χ2v) is 6.89. The van der Waals surface area contributed by atoms with E-state index < -0.39 is 0 Å². The van der Waals surface area contributed by atoms with Crippen LogP contribution in [-0.2, 0) is 0 Å². The van der Waals surface area contributed by atoms with Gasteiger partial charge in [0, 0.05) is 14.2 Å². The topological polar surface area (TPSA) is 30.5 Å². The van der Waals surface area contributed by atoms with Crippen molar-refractivity contribution in [3.8, 4) is 11.5 Å². The lowest BCUT2D eigenvalue weighted by Gasteiger charge is -2.31. The number of nitrogens with one attached hydrogen (secondary N) is 1. The van der Waals surface area contributed by atoms with Crippen LogP contribution in [0.5, 0.6) is 11.5 Å². The Labute approximate surface area is 131 Å². The second-order valence-electron chi connectivity index (χ2n) is 4.75. The normalized spacial score (nSPS) is 18.9. The Bertz CT molecular complexity index is 614. The number of para-hydroxylation sites is 2. The fraction of sp³-hybridized carbons (Fsp3) is 0.333. The summed E-state index contributed by atoms with van der Waals surface area (Å²) in [6.45, 7) is 2.66. The number of hydrogen-bond donors (Lipinski definition) is 1. The highest BCUT2D eigenvalue weighted by Gasteiger charge is 2.31. The number of thiophene rings is 1. The molecule has 0 amide bonds. The summed E-state index contributed by atoms with van der Waals surface area (Å²) in [4.78, 5) is 2.53. The van der Waals surface area contributed by atoms with Crippen LogP contribution in [0.25, 0.3) is 0 Å². The maximum Gasteiger partial charge on any atom is 0.161 e. The summed E-state index contributed by atoms with van der Waals surface area (Å²) in [5.74, 6) is 1.63. The smallest absolute Gasteiger partial charge is 0.161 e. The first-order chi connectivity index (χ1) is 9.69. The molecule has 20 heavy (non-hydrogen) atoms. The number of hydrogen-bond acceptors (Lipinski definition) is 4. The zero-order valence-corrected chi connectivity index (χ0v) is 13.8. The Morgan fingerprint density at radius 2 is 2.10 bits per heavy atom. The molecule has 3 rings (SSSR count). The van der Waals surface area contributed by atoms with Crippen LogP contribution in [0, 0.1) is 6.92 Å². The van der Waals surface area contributed by atoms with Crippen molar-refractivity contribution in [2.45, 2.75) is 19.1 Å². The van der Waals surface area contributed by atoms with Crippen molar-refractivity contribution in [1.82, 2.24) is 5.32 Å². The third kappa shape index (κ3) is 2.57. The maximum atomic E-state index is 6.10. The number of likely N-dealkylation sites (N-methyl/N-ethyl adjacent to an activating group) is 1. The summed E-state index contributed by atoms with van der Waals surface area (Å²) < 4.78 is 13.0. The SMILES string of the molecule is CNC(c1sc(C)cc1Br)C1COc2ccccc2O1. The fourth-order valence-electron chi connectivity index (χ4n) is 2.40. The van der Waals surface area contributed by atoms with Crippen molar-refractivity contribution < 1.29 is 9.47 Å². The Morgan fingerprint density at radius 1 is 1.35 bits per heavy atom. The molecule has 2 heterocycles.